The summed E-state index contributed by atoms with van der Waals surface area (Å²) in [5.41, 5.74) is 2.67. The van der Waals surface area contributed by atoms with Gasteiger partial charge in [0.05, 0.1) is 6.54 Å². The molecule has 0 bridgehead atoms. The van der Waals surface area contributed by atoms with Crippen LogP contribution in [0.2, 0.25) is 0 Å². The summed E-state index contributed by atoms with van der Waals surface area (Å²) < 4.78 is 0. The van der Waals surface area contributed by atoms with Gasteiger partial charge in [-0.25, -0.2) is 0 Å². The zero-order valence-electron chi connectivity index (χ0n) is 15.6. The smallest absolute Gasteiger partial charge is 0.219 e. The van der Waals surface area contributed by atoms with Crippen molar-refractivity contribution in [3.8, 4) is 0 Å². The van der Waals surface area contributed by atoms with Crippen LogP contribution in [0.25, 0.3) is 0 Å². The number of hydrogen-bond donors (Lipinski definition) is 1. The molecule has 1 aromatic rings. The number of carbonyl (C=O) groups is 1. The Labute approximate surface area is 155 Å². The standard InChI is InChI=1S/C19H30N4OS/c1-4-20-19(23-12-10-22(11-13-23)17(3)24)21-9-14-25-15-18-7-5-16(2)6-8-18/h5-8H,4,9-15H2,1-3H3,(H,20,21). The van der Waals surface area contributed by atoms with Gasteiger partial charge < -0.3 is 15.1 Å². The highest BCUT2D eigenvalue weighted by atomic mass is 32.2. The molecular formula is C19H30N4OS. The van der Waals surface area contributed by atoms with E-state index in [1.165, 1.54) is 11.1 Å². The summed E-state index contributed by atoms with van der Waals surface area (Å²) in [5.74, 6) is 3.18. The highest BCUT2D eigenvalue weighted by Crippen LogP contribution is 2.13. The molecule has 0 unspecified atom stereocenters. The highest BCUT2D eigenvalue weighted by molar-refractivity contribution is 7.98. The van der Waals surface area contributed by atoms with Gasteiger partial charge in [-0.1, -0.05) is 29.8 Å². The van der Waals surface area contributed by atoms with Gasteiger partial charge in [0.2, 0.25) is 5.91 Å². The van der Waals surface area contributed by atoms with Gasteiger partial charge in [0.15, 0.2) is 5.96 Å². The van der Waals surface area contributed by atoms with Gasteiger partial charge in [-0.15, -0.1) is 0 Å². The van der Waals surface area contributed by atoms with Gasteiger partial charge in [0, 0.05) is 51.2 Å². The molecule has 2 rings (SSSR count). The molecule has 5 nitrogen and oxygen atoms in total. The molecule has 25 heavy (non-hydrogen) atoms. The molecule has 1 aliphatic rings. The van der Waals surface area contributed by atoms with Gasteiger partial charge in [-0.2, -0.15) is 11.8 Å². The minimum atomic E-state index is 0.161. The van der Waals surface area contributed by atoms with Crippen molar-refractivity contribution in [1.29, 1.82) is 0 Å². The molecule has 0 aliphatic carbocycles. The maximum atomic E-state index is 11.4. The lowest BCUT2D eigenvalue weighted by Crippen LogP contribution is -2.53. The predicted octanol–water partition coefficient (Wildman–Crippen LogP) is 2.36. The fraction of sp³-hybridized carbons (Fsp3) is 0.579. The number of nitrogens with zero attached hydrogens (tertiary/aromatic N) is 3. The summed E-state index contributed by atoms with van der Waals surface area (Å²) in [5, 5.41) is 3.37. The average molecular weight is 363 g/mol. The van der Waals surface area contributed by atoms with E-state index < -0.39 is 0 Å². The number of nitrogens with one attached hydrogen (secondary N) is 1. The highest BCUT2D eigenvalue weighted by Gasteiger charge is 2.20. The number of thioether (sulfide) groups is 1. The van der Waals surface area contributed by atoms with E-state index in [9.17, 15) is 4.79 Å². The van der Waals surface area contributed by atoms with Gasteiger partial charge >= 0.3 is 0 Å². The second-order valence-corrected chi connectivity index (χ2v) is 7.37. The summed E-state index contributed by atoms with van der Waals surface area (Å²) in [6.45, 7) is 10.8. The van der Waals surface area contributed by atoms with E-state index in [1.807, 2.05) is 16.7 Å². The van der Waals surface area contributed by atoms with E-state index in [0.717, 1.165) is 56.7 Å². The topological polar surface area (TPSA) is 47.9 Å². The van der Waals surface area contributed by atoms with Crippen LogP contribution in [-0.4, -0.2) is 66.7 Å². The van der Waals surface area contributed by atoms with E-state index in [4.69, 9.17) is 4.99 Å². The summed E-state index contributed by atoms with van der Waals surface area (Å²) in [7, 11) is 0. The number of amides is 1. The Morgan fingerprint density at radius 2 is 1.80 bits per heavy atom. The van der Waals surface area contributed by atoms with Crippen LogP contribution >= 0.6 is 11.8 Å². The molecule has 1 heterocycles. The third kappa shape index (κ3) is 6.61. The lowest BCUT2D eigenvalue weighted by atomic mass is 10.2. The van der Waals surface area contributed by atoms with Crippen molar-refractivity contribution in [3.63, 3.8) is 0 Å². The van der Waals surface area contributed by atoms with Crippen LogP contribution in [0.5, 0.6) is 0 Å². The molecule has 138 valence electrons. The molecule has 0 atom stereocenters. The first-order valence-electron chi connectivity index (χ1n) is 9.02. The van der Waals surface area contributed by atoms with Crippen LogP contribution in [0.3, 0.4) is 0 Å². The van der Waals surface area contributed by atoms with E-state index in [0.29, 0.717) is 0 Å². The van der Waals surface area contributed by atoms with E-state index in [-0.39, 0.29) is 5.91 Å². The van der Waals surface area contributed by atoms with Crippen LogP contribution in [0.4, 0.5) is 0 Å². The van der Waals surface area contributed by atoms with Crippen LogP contribution in [0.1, 0.15) is 25.0 Å². The van der Waals surface area contributed by atoms with Crippen LogP contribution in [0, 0.1) is 6.92 Å². The average Bonchev–Trinajstić information content (AvgIpc) is 2.62. The Morgan fingerprint density at radius 1 is 1.16 bits per heavy atom. The lowest BCUT2D eigenvalue weighted by Gasteiger charge is -2.36. The van der Waals surface area contributed by atoms with E-state index >= 15 is 0 Å². The molecule has 1 saturated heterocycles. The largest absolute Gasteiger partial charge is 0.357 e. The molecule has 1 N–H and O–H groups in total. The van der Waals surface area contributed by atoms with Crippen molar-refractivity contribution in [2.45, 2.75) is 26.5 Å². The molecule has 0 saturated carbocycles. The Balaban J connectivity index is 1.75. The van der Waals surface area contributed by atoms with Crippen LogP contribution < -0.4 is 5.32 Å². The zero-order chi connectivity index (χ0) is 18.1. The summed E-state index contributed by atoms with van der Waals surface area (Å²) in [6, 6.07) is 8.73. The first kappa shape index (κ1) is 19.6. The van der Waals surface area contributed by atoms with Crippen molar-refractivity contribution >= 4 is 23.6 Å². The summed E-state index contributed by atoms with van der Waals surface area (Å²) >= 11 is 1.92. The Morgan fingerprint density at radius 3 is 2.40 bits per heavy atom. The van der Waals surface area contributed by atoms with Gasteiger partial charge in [0.25, 0.3) is 0 Å². The number of guanidine groups is 1. The third-order valence-electron chi connectivity index (χ3n) is 4.25. The maximum absolute atomic E-state index is 11.4. The first-order valence-corrected chi connectivity index (χ1v) is 10.2. The summed E-state index contributed by atoms with van der Waals surface area (Å²) in [6.07, 6.45) is 0. The molecule has 0 radical (unpaired) electrons. The van der Waals surface area contributed by atoms with Crippen molar-refractivity contribution in [2.24, 2.45) is 4.99 Å². The van der Waals surface area contributed by atoms with E-state index in [1.54, 1.807) is 6.92 Å². The molecule has 1 aromatic carbocycles. The fourth-order valence-electron chi connectivity index (χ4n) is 2.75. The van der Waals surface area contributed by atoms with Crippen molar-refractivity contribution in [3.05, 3.63) is 35.4 Å². The second kappa shape index (κ2) is 10.3. The third-order valence-corrected chi connectivity index (χ3v) is 5.25. The maximum Gasteiger partial charge on any atom is 0.219 e. The molecule has 0 aromatic heterocycles. The second-order valence-electron chi connectivity index (χ2n) is 6.27. The monoisotopic (exact) mass is 362 g/mol. The fourth-order valence-corrected chi connectivity index (χ4v) is 3.54. The Bertz CT molecular complexity index is 565. The Kier molecular flexibility index (Phi) is 8.12. The van der Waals surface area contributed by atoms with Crippen molar-refractivity contribution in [1.82, 2.24) is 15.1 Å². The SMILES string of the molecule is CCNC(=NCCSCc1ccc(C)cc1)N1CCN(C(C)=O)CC1. The number of carbonyl (C=O) groups excluding carboxylic acids is 1. The number of piperazine rings is 1. The predicted molar refractivity (Wildman–Crippen MR) is 107 cm³/mol. The number of benzene rings is 1. The molecular weight excluding hydrogens is 332 g/mol. The van der Waals surface area contributed by atoms with Crippen LogP contribution in [-0.2, 0) is 10.5 Å². The van der Waals surface area contributed by atoms with Gasteiger partial charge in [-0.05, 0) is 19.4 Å². The molecule has 6 heteroatoms. The quantitative estimate of drug-likeness (QED) is 0.479. The zero-order valence-corrected chi connectivity index (χ0v) is 16.4. The molecule has 1 amide bonds. The van der Waals surface area contributed by atoms with Gasteiger partial charge in [-0.3, -0.25) is 9.79 Å². The number of aryl methyl sites for hydroxylation is 1. The number of rotatable bonds is 6. The van der Waals surface area contributed by atoms with E-state index in [2.05, 4.69) is 48.3 Å². The van der Waals surface area contributed by atoms with Gasteiger partial charge in [0.1, 0.15) is 0 Å². The van der Waals surface area contributed by atoms with Crippen LogP contribution in [0.15, 0.2) is 29.3 Å². The minimum Gasteiger partial charge on any atom is -0.357 e. The Hall–Kier alpha value is -1.69. The minimum absolute atomic E-state index is 0.161. The molecule has 0 spiro atoms. The molecule has 1 fully saturated rings. The summed E-state index contributed by atoms with van der Waals surface area (Å²) in [4.78, 5) is 20.4. The first-order chi connectivity index (χ1) is 12.1. The normalized spacial score (nSPS) is 15.4. The lowest BCUT2D eigenvalue weighted by molar-refractivity contribution is -0.130. The molecule has 1 aliphatic heterocycles. The van der Waals surface area contributed by atoms with Crippen molar-refractivity contribution in [2.75, 3.05) is 45.0 Å². The number of hydrogen-bond acceptors (Lipinski definition) is 3. The number of aliphatic imine (C=N–C) groups is 1. The van der Waals surface area contributed by atoms with Crippen molar-refractivity contribution < 1.29 is 4.79 Å².